The van der Waals surface area contributed by atoms with Crippen molar-refractivity contribution in [1.29, 1.82) is 0 Å². The van der Waals surface area contributed by atoms with Crippen molar-refractivity contribution >= 4 is 34.1 Å². The van der Waals surface area contributed by atoms with Crippen LogP contribution in [0.5, 0.6) is 0 Å². The highest BCUT2D eigenvalue weighted by atomic mass is 32.1. The summed E-state index contributed by atoms with van der Waals surface area (Å²) in [5, 5.41) is 3.26. The fraction of sp³-hybridized carbons (Fsp3) is 0.667. The first-order valence-electron chi connectivity index (χ1n) is 9.00. The van der Waals surface area contributed by atoms with Crippen molar-refractivity contribution in [1.82, 2.24) is 9.88 Å². The molecule has 0 fully saturated rings. The number of Topliss-reactive ketones (excluding diaryl/α,β-unsaturated/α-hetero) is 1. The topological polar surface area (TPSA) is 79.4 Å². The van der Waals surface area contributed by atoms with Crippen LogP contribution in [0.1, 0.15) is 62.3 Å². The number of thiazole rings is 1. The van der Waals surface area contributed by atoms with Crippen LogP contribution in [0.4, 0.5) is 5.13 Å². The molecule has 0 saturated carbocycles. The highest BCUT2D eigenvalue weighted by molar-refractivity contribution is 7.17. The number of nitrogens with zero attached hydrogens (tertiary/aromatic N) is 2. The number of aromatic nitrogens is 1. The van der Waals surface area contributed by atoms with Crippen molar-refractivity contribution in [3.8, 4) is 0 Å². The Labute approximate surface area is 153 Å². The van der Waals surface area contributed by atoms with Crippen molar-refractivity contribution in [2.45, 2.75) is 53.4 Å². The van der Waals surface area contributed by atoms with Gasteiger partial charge < -0.3 is 10.2 Å². The molecule has 0 spiro atoms. The van der Waals surface area contributed by atoms with Gasteiger partial charge in [-0.05, 0) is 19.8 Å². The van der Waals surface area contributed by atoms with Crippen molar-refractivity contribution in [2.24, 2.45) is 11.8 Å². The Balaban J connectivity index is 2.09. The van der Waals surface area contributed by atoms with E-state index in [1.165, 1.54) is 11.3 Å². The molecule has 1 aromatic rings. The molecule has 6 nitrogen and oxygen atoms in total. The van der Waals surface area contributed by atoms with E-state index in [2.05, 4.69) is 10.3 Å². The number of hydrogen-bond donors (Lipinski definition) is 1. The maximum atomic E-state index is 12.5. The Morgan fingerprint density at radius 1 is 1.28 bits per heavy atom. The molecule has 138 valence electrons. The zero-order chi connectivity index (χ0) is 18.6. The Hall–Kier alpha value is -1.76. The lowest BCUT2D eigenvalue weighted by atomic mass is 9.89. The van der Waals surface area contributed by atoms with Crippen LogP contribution < -0.4 is 5.32 Å². The van der Waals surface area contributed by atoms with Crippen molar-refractivity contribution < 1.29 is 14.4 Å². The van der Waals surface area contributed by atoms with Gasteiger partial charge in [0, 0.05) is 32.4 Å². The number of hydrogen-bond acceptors (Lipinski definition) is 5. The molecule has 2 atom stereocenters. The van der Waals surface area contributed by atoms with Gasteiger partial charge in [0.2, 0.25) is 11.8 Å². The van der Waals surface area contributed by atoms with E-state index in [9.17, 15) is 14.4 Å². The zero-order valence-electron chi connectivity index (χ0n) is 15.4. The molecule has 1 aliphatic carbocycles. The molecule has 0 saturated heterocycles. The lowest BCUT2D eigenvalue weighted by Crippen LogP contribution is -2.39. The van der Waals surface area contributed by atoms with Gasteiger partial charge in [0.25, 0.3) is 0 Å². The van der Waals surface area contributed by atoms with E-state index >= 15 is 0 Å². The maximum absolute atomic E-state index is 12.5. The molecule has 1 aliphatic rings. The lowest BCUT2D eigenvalue weighted by Gasteiger charge is -2.26. The summed E-state index contributed by atoms with van der Waals surface area (Å²) in [5.74, 6) is -0.146. The van der Waals surface area contributed by atoms with Gasteiger partial charge in [0.05, 0.1) is 16.5 Å². The molecular formula is C18H27N3O3S. The molecule has 0 aliphatic heterocycles. The van der Waals surface area contributed by atoms with E-state index in [0.717, 1.165) is 6.42 Å². The minimum atomic E-state index is -0.342. The Morgan fingerprint density at radius 3 is 2.56 bits per heavy atom. The van der Waals surface area contributed by atoms with Gasteiger partial charge in [0.1, 0.15) is 0 Å². The number of anilines is 1. The second-order valence-electron chi connectivity index (χ2n) is 6.60. The summed E-state index contributed by atoms with van der Waals surface area (Å²) in [5.41, 5.74) is 0.644. The third-order valence-corrected chi connectivity index (χ3v) is 5.78. The van der Waals surface area contributed by atoms with Gasteiger partial charge in [-0.3, -0.25) is 14.4 Å². The van der Waals surface area contributed by atoms with Gasteiger partial charge in [-0.2, -0.15) is 0 Å². The second kappa shape index (κ2) is 8.56. The quantitative estimate of drug-likeness (QED) is 0.805. The lowest BCUT2D eigenvalue weighted by molar-refractivity contribution is -0.135. The number of carbonyl (C=O) groups excluding carboxylic acids is 3. The Kier molecular flexibility index (Phi) is 6.70. The van der Waals surface area contributed by atoms with E-state index in [1.807, 2.05) is 27.7 Å². The third-order valence-electron chi connectivity index (χ3n) is 4.72. The number of carbonyl (C=O) groups is 3. The zero-order valence-corrected chi connectivity index (χ0v) is 16.2. The maximum Gasteiger partial charge on any atom is 0.226 e. The van der Waals surface area contributed by atoms with Gasteiger partial charge >= 0.3 is 0 Å². The molecule has 0 bridgehead atoms. The first-order chi connectivity index (χ1) is 11.9. The van der Waals surface area contributed by atoms with E-state index in [4.69, 9.17) is 0 Å². The first-order valence-corrected chi connectivity index (χ1v) is 9.82. The summed E-state index contributed by atoms with van der Waals surface area (Å²) in [6.45, 7) is 9.23. The van der Waals surface area contributed by atoms with E-state index in [-0.39, 0.29) is 29.9 Å². The largest absolute Gasteiger partial charge is 0.343 e. The molecule has 1 heterocycles. The van der Waals surface area contributed by atoms with Crippen LogP contribution in [0, 0.1) is 11.8 Å². The molecule has 7 heteroatoms. The van der Waals surface area contributed by atoms with Gasteiger partial charge in [0.15, 0.2) is 10.9 Å². The fourth-order valence-electron chi connectivity index (χ4n) is 2.98. The van der Waals surface area contributed by atoms with Crippen LogP contribution in [-0.2, 0) is 16.0 Å². The van der Waals surface area contributed by atoms with Crippen LogP contribution in [0.2, 0.25) is 0 Å². The molecule has 2 unspecified atom stereocenters. The SMILES string of the molecule is CCC(C)CC(=O)Nc1nc2c(s1)C(=O)CC(C(=O)N(CC)CC)C2. The summed E-state index contributed by atoms with van der Waals surface area (Å²) in [6, 6.07) is 0. The minimum absolute atomic E-state index is 0.0133. The molecule has 0 radical (unpaired) electrons. The molecule has 1 N–H and O–H groups in total. The molecule has 25 heavy (non-hydrogen) atoms. The van der Waals surface area contributed by atoms with Gasteiger partial charge in [-0.1, -0.05) is 31.6 Å². The Morgan fingerprint density at radius 2 is 1.96 bits per heavy atom. The van der Waals surface area contributed by atoms with Crippen LogP contribution in [0.25, 0.3) is 0 Å². The summed E-state index contributed by atoms with van der Waals surface area (Å²) in [7, 11) is 0. The number of fused-ring (bicyclic) bond motifs is 1. The van der Waals surface area contributed by atoms with Crippen molar-refractivity contribution in [3.63, 3.8) is 0 Å². The summed E-state index contributed by atoms with van der Waals surface area (Å²) < 4.78 is 0. The predicted molar refractivity (Wildman–Crippen MR) is 98.9 cm³/mol. The van der Waals surface area contributed by atoms with Crippen LogP contribution in [-0.4, -0.2) is 40.6 Å². The van der Waals surface area contributed by atoms with Crippen LogP contribution in [0.15, 0.2) is 0 Å². The van der Waals surface area contributed by atoms with E-state index < -0.39 is 0 Å². The minimum Gasteiger partial charge on any atom is -0.343 e. The van der Waals surface area contributed by atoms with Crippen molar-refractivity contribution in [2.75, 3.05) is 18.4 Å². The monoisotopic (exact) mass is 365 g/mol. The summed E-state index contributed by atoms with van der Waals surface area (Å²) in [6.07, 6.45) is 2.08. The highest BCUT2D eigenvalue weighted by Crippen LogP contribution is 2.33. The standard InChI is InChI=1S/C18H27N3O3S/c1-5-11(4)8-15(23)20-18-19-13-9-12(10-14(22)16(13)25-18)17(24)21(6-2)7-3/h11-12H,5-10H2,1-4H3,(H,19,20,23). The predicted octanol–water partition coefficient (Wildman–Crippen LogP) is 3.13. The normalized spacial score (nSPS) is 17.8. The fourth-order valence-corrected chi connectivity index (χ4v) is 3.94. The molecule has 2 rings (SSSR count). The van der Waals surface area contributed by atoms with Crippen molar-refractivity contribution in [3.05, 3.63) is 10.6 Å². The highest BCUT2D eigenvalue weighted by Gasteiger charge is 2.34. The average Bonchev–Trinajstić information content (AvgIpc) is 2.98. The van der Waals surface area contributed by atoms with E-state index in [1.54, 1.807) is 4.90 Å². The number of rotatable bonds is 7. The molecule has 0 aromatic carbocycles. The smallest absolute Gasteiger partial charge is 0.226 e. The summed E-state index contributed by atoms with van der Waals surface area (Å²) in [4.78, 5) is 43.7. The third kappa shape index (κ3) is 4.66. The number of amides is 2. The van der Waals surface area contributed by atoms with Crippen LogP contribution in [0.3, 0.4) is 0 Å². The number of nitrogens with one attached hydrogen (secondary N) is 1. The Bertz CT molecular complexity index is 652. The van der Waals surface area contributed by atoms with Gasteiger partial charge in [-0.15, -0.1) is 0 Å². The summed E-state index contributed by atoms with van der Waals surface area (Å²) >= 11 is 1.22. The molecular weight excluding hydrogens is 338 g/mol. The van der Waals surface area contributed by atoms with E-state index in [0.29, 0.717) is 47.6 Å². The molecule has 1 aromatic heterocycles. The van der Waals surface area contributed by atoms with Crippen LogP contribution >= 0.6 is 11.3 Å². The second-order valence-corrected chi connectivity index (χ2v) is 7.60. The molecule has 2 amide bonds. The first kappa shape index (κ1) is 19.6. The average molecular weight is 365 g/mol. The number of ketones is 1. The van der Waals surface area contributed by atoms with Gasteiger partial charge in [-0.25, -0.2) is 4.98 Å².